The van der Waals surface area contributed by atoms with Crippen molar-refractivity contribution in [2.45, 2.75) is 6.18 Å². The van der Waals surface area contributed by atoms with E-state index in [-0.39, 0.29) is 5.56 Å². The van der Waals surface area contributed by atoms with Crippen molar-refractivity contribution >= 4 is 11.6 Å². The van der Waals surface area contributed by atoms with E-state index in [1.54, 1.807) is 24.3 Å². The summed E-state index contributed by atoms with van der Waals surface area (Å²) in [4.78, 5) is 3.89. The number of nitrogens with one attached hydrogen (secondary N) is 1. The van der Waals surface area contributed by atoms with Gasteiger partial charge in [0.2, 0.25) is 5.82 Å². The van der Waals surface area contributed by atoms with Crippen molar-refractivity contribution in [2.24, 2.45) is 4.99 Å². The first-order valence-corrected chi connectivity index (χ1v) is 6.71. The highest BCUT2D eigenvalue weighted by Gasteiger charge is 2.29. The lowest BCUT2D eigenvalue weighted by Gasteiger charge is -2.13. The Morgan fingerprint density at radius 2 is 1.83 bits per heavy atom. The van der Waals surface area contributed by atoms with E-state index in [0.717, 1.165) is 24.3 Å². The van der Waals surface area contributed by atoms with Crippen LogP contribution in [0.4, 0.5) is 18.9 Å². The van der Waals surface area contributed by atoms with Crippen molar-refractivity contribution in [1.82, 2.24) is 20.6 Å². The van der Waals surface area contributed by atoms with E-state index in [0.29, 0.717) is 17.1 Å². The molecule has 0 spiro atoms. The molecule has 0 radical (unpaired) electrons. The minimum absolute atomic E-state index is 0.0629. The average molecular weight is 332 g/mol. The van der Waals surface area contributed by atoms with Crippen LogP contribution in [-0.4, -0.2) is 26.5 Å². The topological polar surface area (TPSA) is 89.9 Å². The number of hydrogen-bond acceptors (Lipinski definition) is 5. The summed E-state index contributed by atoms with van der Waals surface area (Å²) in [6, 6.07) is 10.4. The Morgan fingerprint density at radius 1 is 1.08 bits per heavy atom. The van der Waals surface area contributed by atoms with Crippen LogP contribution in [0.15, 0.2) is 53.5 Å². The van der Waals surface area contributed by atoms with Gasteiger partial charge >= 0.3 is 6.18 Å². The average Bonchev–Trinajstić information content (AvgIpc) is 3.09. The summed E-state index contributed by atoms with van der Waals surface area (Å²) in [5.74, 6) is -0.303. The summed E-state index contributed by atoms with van der Waals surface area (Å²) in [6.45, 7) is 0. The maximum atomic E-state index is 12.5. The van der Waals surface area contributed by atoms with Gasteiger partial charge in [-0.05, 0) is 40.9 Å². The number of tetrazole rings is 1. The number of alkyl halides is 3. The van der Waals surface area contributed by atoms with Gasteiger partial charge in [0.1, 0.15) is 0 Å². The summed E-state index contributed by atoms with van der Waals surface area (Å²) in [6.07, 6.45) is -4.45. The zero-order valence-electron chi connectivity index (χ0n) is 11.9. The molecule has 122 valence electrons. The lowest BCUT2D eigenvalue weighted by atomic mass is 10.1. The van der Waals surface area contributed by atoms with Gasteiger partial charge in [0.15, 0.2) is 0 Å². The molecule has 0 atom stereocenters. The maximum absolute atomic E-state index is 12.5. The Labute approximate surface area is 133 Å². The number of benzene rings is 2. The minimum atomic E-state index is -4.45. The van der Waals surface area contributed by atoms with Gasteiger partial charge in [-0.3, -0.25) is 4.99 Å². The van der Waals surface area contributed by atoms with Crippen molar-refractivity contribution in [3.8, 4) is 11.4 Å². The van der Waals surface area contributed by atoms with Crippen molar-refractivity contribution < 1.29 is 18.3 Å². The number of H-pyrrole nitrogens is 1. The Morgan fingerprint density at radius 3 is 2.46 bits per heavy atom. The first-order valence-electron chi connectivity index (χ1n) is 6.71. The maximum Gasteiger partial charge on any atom is 0.416 e. The molecule has 0 aliphatic heterocycles. The zero-order chi connectivity index (χ0) is 17.2. The summed E-state index contributed by atoms with van der Waals surface area (Å²) in [7, 11) is 0. The van der Waals surface area contributed by atoms with Crippen molar-refractivity contribution in [3.05, 3.63) is 59.7 Å². The van der Waals surface area contributed by atoms with Gasteiger partial charge < -0.3 is 5.11 Å². The smallest absolute Gasteiger partial charge is 0.416 e. The highest BCUT2D eigenvalue weighted by Crippen LogP contribution is 2.29. The van der Waals surface area contributed by atoms with Gasteiger partial charge in [-0.1, -0.05) is 24.3 Å². The van der Waals surface area contributed by atoms with Crippen LogP contribution in [0.3, 0.4) is 0 Å². The number of hydrogen-bond donors (Lipinski definition) is 1. The van der Waals surface area contributed by atoms with Crippen LogP contribution in [0.2, 0.25) is 0 Å². The Bertz CT molecular complexity index is 858. The number of aliphatic imine (C=N–C) groups is 1. The van der Waals surface area contributed by atoms with E-state index >= 15 is 0 Å². The van der Waals surface area contributed by atoms with Gasteiger partial charge in [0, 0.05) is 5.56 Å². The lowest BCUT2D eigenvalue weighted by Crippen LogP contribution is -2.18. The number of halogens is 3. The van der Waals surface area contributed by atoms with Crippen molar-refractivity contribution in [1.29, 1.82) is 0 Å². The lowest BCUT2D eigenvalue weighted by molar-refractivity contribution is -0.212. The number of rotatable bonds is 3. The summed E-state index contributed by atoms with van der Waals surface area (Å²) < 4.78 is 37.6. The van der Waals surface area contributed by atoms with E-state index in [9.17, 15) is 18.3 Å². The molecule has 0 unspecified atom stereocenters. The van der Waals surface area contributed by atoms with Crippen LogP contribution >= 0.6 is 0 Å². The van der Waals surface area contributed by atoms with Crippen LogP contribution in [0.25, 0.3) is 11.4 Å². The fraction of sp³-hybridized carbons (Fsp3) is 0.0667. The molecule has 1 N–H and O–H groups in total. The molecule has 6 nitrogen and oxygen atoms in total. The van der Waals surface area contributed by atoms with E-state index < -0.39 is 17.6 Å². The first kappa shape index (κ1) is 15.7. The van der Waals surface area contributed by atoms with Gasteiger partial charge in [-0.25, -0.2) is 0 Å². The molecule has 24 heavy (non-hydrogen) atoms. The molecule has 0 saturated carbocycles. The normalized spacial score (nSPS) is 12.4. The Balaban J connectivity index is 1.87. The van der Waals surface area contributed by atoms with Crippen LogP contribution in [-0.2, 0) is 6.18 Å². The molecule has 0 fully saturated rings. The largest absolute Gasteiger partial charge is 0.858 e. The molecule has 0 aliphatic rings. The first-order chi connectivity index (χ1) is 11.4. The Kier molecular flexibility index (Phi) is 3.98. The second-order valence-electron chi connectivity index (χ2n) is 4.78. The molecule has 2 aromatic carbocycles. The third kappa shape index (κ3) is 3.40. The van der Waals surface area contributed by atoms with Crippen LogP contribution in [0.5, 0.6) is 0 Å². The molecule has 9 heteroatoms. The molecule has 3 aromatic rings. The van der Waals surface area contributed by atoms with Gasteiger partial charge in [-0.2, -0.15) is 18.4 Å². The quantitative estimate of drug-likeness (QED) is 0.589. The zero-order valence-corrected chi connectivity index (χ0v) is 11.9. The van der Waals surface area contributed by atoms with Crippen LogP contribution in [0, 0.1) is 0 Å². The number of aromatic nitrogens is 4. The minimum Gasteiger partial charge on any atom is -0.858 e. The highest BCUT2D eigenvalue weighted by molar-refractivity contribution is 5.92. The molecule has 0 bridgehead atoms. The third-order valence-corrected chi connectivity index (χ3v) is 3.14. The molecule has 1 heterocycles. The molecular formula is C15H9F3N5O-. The standard InChI is InChI=1S/C15H10F3N5O/c16-15(17,18)11-6-4-9(5-7-11)14(24)19-12-3-1-2-10(8-12)13-20-22-23-21-13/h1-8H,(H,19,24)(H,20,21,22,23)/p-1. The van der Waals surface area contributed by atoms with Gasteiger partial charge in [-0.15, -0.1) is 10.2 Å². The SMILES string of the molecule is [O-]C(=Nc1cccc(-c2nn[nH]n2)c1)c1ccc(C(F)(F)F)cc1. The second kappa shape index (κ2) is 6.11. The van der Waals surface area contributed by atoms with E-state index in [1.165, 1.54) is 0 Å². The van der Waals surface area contributed by atoms with E-state index in [2.05, 4.69) is 25.6 Å². The van der Waals surface area contributed by atoms with Crippen LogP contribution in [0.1, 0.15) is 11.1 Å². The summed E-state index contributed by atoms with van der Waals surface area (Å²) >= 11 is 0. The summed E-state index contributed by atoms with van der Waals surface area (Å²) in [5.41, 5.74) is 0.179. The van der Waals surface area contributed by atoms with Crippen molar-refractivity contribution in [2.75, 3.05) is 0 Å². The number of aromatic amines is 1. The molecule has 0 aliphatic carbocycles. The van der Waals surface area contributed by atoms with Crippen LogP contribution < -0.4 is 5.11 Å². The predicted octanol–water partition coefficient (Wildman–Crippen LogP) is 2.32. The van der Waals surface area contributed by atoms with E-state index in [4.69, 9.17) is 0 Å². The molecule has 0 saturated heterocycles. The third-order valence-electron chi connectivity index (χ3n) is 3.14. The fourth-order valence-corrected chi connectivity index (χ4v) is 1.98. The molecule has 3 rings (SSSR count). The molecule has 0 amide bonds. The molecular weight excluding hydrogens is 323 g/mol. The van der Waals surface area contributed by atoms with E-state index in [1.807, 2.05) is 0 Å². The fourth-order valence-electron chi connectivity index (χ4n) is 1.98. The van der Waals surface area contributed by atoms with Gasteiger partial charge in [0.05, 0.1) is 11.3 Å². The Hall–Kier alpha value is -3.23. The molecule has 1 aromatic heterocycles. The highest BCUT2D eigenvalue weighted by atomic mass is 19.4. The second-order valence-corrected chi connectivity index (χ2v) is 4.78. The monoisotopic (exact) mass is 332 g/mol. The number of nitrogens with zero attached hydrogens (tertiary/aromatic N) is 4. The van der Waals surface area contributed by atoms with Crippen molar-refractivity contribution in [3.63, 3.8) is 0 Å². The summed E-state index contributed by atoms with van der Waals surface area (Å²) in [5, 5.41) is 25.5. The van der Waals surface area contributed by atoms with Gasteiger partial charge in [0.25, 0.3) is 0 Å². The predicted molar refractivity (Wildman–Crippen MR) is 77.3 cm³/mol.